The molecule has 0 saturated heterocycles. The van der Waals surface area contributed by atoms with Gasteiger partial charge >= 0.3 is 0 Å². The molecule has 0 spiro atoms. The molecule has 0 aliphatic rings. The van der Waals surface area contributed by atoms with E-state index >= 15 is 0 Å². The van der Waals surface area contributed by atoms with Crippen molar-refractivity contribution in [2.75, 3.05) is 19.3 Å². The summed E-state index contributed by atoms with van der Waals surface area (Å²) in [5.41, 5.74) is 0.796. The third-order valence-electron chi connectivity index (χ3n) is 1.99. The highest BCUT2D eigenvalue weighted by atomic mass is 79.9. The molecule has 0 saturated carbocycles. The van der Waals surface area contributed by atoms with Crippen LogP contribution in [0.1, 0.15) is 5.56 Å². The van der Waals surface area contributed by atoms with Gasteiger partial charge in [-0.2, -0.15) is 0 Å². The maximum atomic E-state index is 12.9. The lowest BCUT2D eigenvalue weighted by molar-refractivity contribution is 0.581. The van der Waals surface area contributed by atoms with E-state index in [1.807, 2.05) is 0 Å². The minimum absolute atomic E-state index is 0.292. The molecule has 17 heavy (non-hydrogen) atoms. The smallest absolute Gasteiger partial charge is 0.208 e. The molecule has 4 nitrogen and oxygen atoms in total. The maximum absolute atomic E-state index is 12.9. The van der Waals surface area contributed by atoms with Gasteiger partial charge in [0.25, 0.3) is 0 Å². The second-order valence-electron chi connectivity index (χ2n) is 3.58. The van der Waals surface area contributed by atoms with Crippen LogP contribution in [0.4, 0.5) is 4.39 Å². The molecule has 0 heterocycles. The number of benzene rings is 1. The zero-order chi connectivity index (χ0) is 12.9. The largest absolute Gasteiger partial charge is 0.311 e. The van der Waals surface area contributed by atoms with Crippen LogP contribution in [0.15, 0.2) is 22.7 Å². The van der Waals surface area contributed by atoms with Crippen molar-refractivity contribution < 1.29 is 12.8 Å². The molecule has 0 aliphatic carbocycles. The van der Waals surface area contributed by atoms with Gasteiger partial charge in [0.15, 0.2) is 0 Å². The molecule has 0 radical (unpaired) electrons. The van der Waals surface area contributed by atoms with Gasteiger partial charge in [0.1, 0.15) is 5.82 Å². The van der Waals surface area contributed by atoms with Crippen molar-refractivity contribution in [1.29, 1.82) is 0 Å². The van der Waals surface area contributed by atoms with Crippen LogP contribution in [0.3, 0.4) is 0 Å². The Morgan fingerprint density at radius 1 is 1.35 bits per heavy atom. The van der Waals surface area contributed by atoms with Crippen LogP contribution in [0.25, 0.3) is 0 Å². The first-order chi connectivity index (χ1) is 7.88. The lowest BCUT2D eigenvalue weighted by atomic mass is 10.2. The molecule has 0 aromatic heterocycles. The topological polar surface area (TPSA) is 58.2 Å². The van der Waals surface area contributed by atoms with Gasteiger partial charge < -0.3 is 5.32 Å². The highest BCUT2D eigenvalue weighted by Crippen LogP contribution is 2.17. The Kier molecular flexibility index (Phi) is 5.51. The molecule has 0 bridgehead atoms. The Labute approximate surface area is 109 Å². The van der Waals surface area contributed by atoms with E-state index in [-0.39, 0.29) is 5.82 Å². The fraction of sp³-hybridized carbons (Fsp3) is 0.400. The van der Waals surface area contributed by atoms with Crippen LogP contribution in [0.2, 0.25) is 0 Å². The Bertz CT molecular complexity index is 479. The van der Waals surface area contributed by atoms with Gasteiger partial charge in [-0.15, -0.1) is 0 Å². The average molecular weight is 325 g/mol. The monoisotopic (exact) mass is 324 g/mol. The quantitative estimate of drug-likeness (QED) is 0.774. The zero-order valence-electron chi connectivity index (χ0n) is 9.33. The fourth-order valence-corrected chi connectivity index (χ4v) is 2.09. The molecule has 0 aliphatic heterocycles. The van der Waals surface area contributed by atoms with Crippen LogP contribution >= 0.6 is 15.9 Å². The van der Waals surface area contributed by atoms with Crippen molar-refractivity contribution in [2.24, 2.45) is 0 Å². The fourth-order valence-electron chi connectivity index (χ4n) is 1.23. The predicted octanol–water partition coefficient (Wildman–Crippen LogP) is 1.23. The molecule has 0 unspecified atom stereocenters. The molecule has 2 N–H and O–H groups in total. The first kappa shape index (κ1) is 14.6. The number of rotatable bonds is 6. The summed E-state index contributed by atoms with van der Waals surface area (Å²) in [5, 5.41) is 3.02. The minimum atomic E-state index is -3.14. The van der Waals surface area contributed by atoms with Crippen molar-refractivity contribution in [2.45, 2.75) is 6.54 Å². The van der Waals surface area contributed by atoms with Gasteiger partial charge in [-0.3, -0.25) is 0 Å². The Balaban J connectivity index is 2.34. The summed E-state index contributed by atoms with van der Waals surface area (Å²) < 4.78 is 37.7. The summed E-state index contributed by atoms with van der Waals surface area (Å²) in [7, 11) is -3.14. The first-order valence-corrected chi connectivity index (χ1v) is 7.66. The Morgan fingerprint density at radius 3 is 2.71 bits per heavy atom. The lowest BCUT2D eigenvalue weighted by Gasteiger charge is -2.07. The second kappa shape index (κ2) is 6.44. The molecule has 7 heteroatoms. The van der Waals surface area contributed by atoms with Crippen molar-refractivity contribution in [1.82, 2.24) is 10.0 Å². The van der Waals surface area contributed by atoms with Crippen LogP contribution in [0.5, 0.6) is 0 Å². The van der Waals surface area contributed by atoms with Crippen LogP contribution in [-0.2, 0) is 16.6 Å². The van der Waals surface area contributed by atoms with Crippen molar-refractivity contribution in [3.05, 3.63) is 34.1 Å². The number of hydrogen-bond donors (Lipinski definition) is 2. The van der Waals surface area contributed by atoms with E-state index in [0.29, 0.717) is 19.6 Å². The highest BCUT2D eigenvalue weighted by Gasteiger charge is 2.02. The first-order valence-electron chi connectivity index (χ1n) is 4.98. The van der Waals surface area contributed by atoms with E-state index in [9.17, 15) is 12.8 Å². The normalized spacial score (nSPS) is 11.7. The molecular weight excluding hydrogens is 311 g/mol. The second-order valence-corrected chi connectivity index (χ2v) is 6.27. The number of sulfonamides is 1. The number of halogens is 2. The van der Waals surface area contributed by atoms with E-state index in [2.05, 4.69) is 26.0 Å². The Morgan fingerprint density at radius 2 is 2.06 bits per heavy atom. The average Bonchev–Trinajstić information content (AvgIpc) is 2.21. The summed E-state index contributed by atoms with van der Waals surface area (Å²) in [6.45, 7) is 1.27. The minimum Gasteiger partial charge on any atom is -0.311 e. The highest BCUT2D eigenvalue weighted by molar-refractivity contribution is 9.10. The molecule has 1 aromatic carbocycles. The third-order valence-corrected chi connectivity index (χ3v) is 3.49. The molecule has 0 amide bonds. The van der Waals surface area contributed by atoms with Crippen LogP contribution in [0, 0.1) is 5.82 Å². The van der Waals surface area contributed by atoms with Gasteiger partial charge in [-0.05, 0) is 23.8 Å². The van der Waals surface area contributed by atoms with Gasteiger partial charge in [0.05, 0.1) is 6.26 Å². The van der Waals surface area contributed by atoms with Gasteiger partial charge in [0, 0.05) is 24.1 Å². The van der Waals surface area contributed by atoms with Gasteiger partial charge in [-0.25, -0.2) is 17.5 Å². The van der Waals surface area contributed by atoms with E-state index < -0.39 is 10.0 Å². The summed E-state index contributed by atoms with van der Waals surface area (Å²) in [6, 6.07) is 4.45. The van der Waals surface area contributed by atoms with E-state index in [1.165, 1.54) is 12.1 Å². The van der Waals surface area contributed by atoms with Crippen molar-refractivity contribution in [3.8, 4) is 0 Å². The maximum Gasteiger partial charge on any atom is 0.208 e. The summed E-state index contributed by atoms with van der Waals surface area (Å²) in [6.07, 6.45) is 1.11. The summed E-state index contributed by atoms with van der Waals surface area (Å²) in [5.74, 6) is -0.292. The SMILES string of the molecule is CS(=O)(=O)NCCNCc1cc(F)ccc1Br. The molecule has 0 fully saturated rings. The Hall–Kier alpha value is -0.500. The van der Waals surface area contributed by atoms with Gasteiger partial charge in [0.2, 0.25) is 10.0 Å². The molecule has 0 atom stereocenters. The molecule has 96 valence electrons. The van der Waals surface area contributed by atoms with Gasteiger partial charge in [-0.1, -0.05) is 15.9 Å². The number of hydrogen-bond acceptors (Lipinski definition) is 3. The molecule has 1 aromatic rings. The molecular formula is C10H14BrFN2O2S. The van der Waals surface area contributed by atoms with Crippen molar-refractivity contribution in [3.63, 3.8) is 0 Å². The number of nitrogens with one attached hydrogen (secondary N) is 2. The summed E-state index contributed by atoms with van der Waals surface area (Å²) >= 11 is 3.31. The van der Waals surface area contributed by atoms with E-state index in [0.717, 1.165) is 16.3 Å². The van der Waals surface area contributed by atoms with Crippen LogP contribution in [-0.4, -0.2) is 27.8 Å². The van der Waals surface area contributed by atoms with E-state index in [1.54, 1.807) is 6.07 Å². The molecule has 1 rings (SSSR count). The van der Waals surface area contributed by atoms with Crippen molar-refractivity contribution >= 4 is 26.0 Å². The zero-order valence-corrected chi connectivity index (χ0v) is 11.7. The van der Waals surface area contributed by atoms with Crippen LogP contribution < -0.4 is 10.0 Å². The predicted molar refractivity (Wildman–Crippen MR) is 68.7 cm³/mol. The van der Waals surface area contributed by atoms with E-state index in [4.69, 9.17) is 0 Å². The summed E-state index contributed by atoms with van der Waals surface area (Å²) in [4.78, 5) is 0. The third kappa shape index (κ3) is 6.11. The standard InChI is InChI=1S/C10H14BrFN2O2S/c1-17(15,16)14-5-4-13-7-8-6-9(12)2-3-10(8)11/h2-3,6,13-14H,4-5,7H2,1H3. The lowest BCUT2D eigenvalue weighted by Crippen LogP contribution is -2.30.